The first-order valence-corrected chi connectivity index (χ1v) is 4.87. The highest BCUT2D eigenvalue weighted by Crippen LogP contribution is 2.27. The van der Waals surface area contributed by atoms with Crippen LogP contribution in [0.1, 0.15) is 19.3 Å². The van der Waals surface area contributed by atoms with Crippen LogP contribution in [0.5, 0.6) is 0 Å². The topological polar surface area (TPSA) is 95.9 Å². The summed E-state index contributed by atoms with van der Waals surface area (Å²) in [5, 5.41) is 18.0. The molecule has 0 aromatic heterocycles. The van der Waals surface area contributed by atoms with E-state index in [2.05, 4.69) is 5.32 Å². The molecule has 0 aliphatic carbocycles. The van der Waals surface area contributed by atoms with Crippen molar-refractivity contribution in [1.82, 2.24) is 5.32 Å². The Morgan fingerprint density at radius 3 is 1.93 bits per heavy atom. The van der Waals surface area contributed by atoms with Crippen LogP contribution in [0.2, 0.25) is 0 Å². The number of hydrogen-bond donors (Lipinski definition) is 3. The average Bonchev–Trinajstić information content (AvgIpc) is 2.17. The molecule has 0 aromatic carbocycles. The molecule has 0 radical (unpaired) electrons. The monoisotopic (exact) mass is 217 g/mol. The lowest BCUT2D eigenvalue weighted by atomic mass is 9.88. The SMILES string of the molecule is C1CCC2(CNC2)OC1.O=C(O)C(=O)O. The van der Waals surface area contributed by atoms with Crippen molar-refractivity contribution in [2.24, 2.45) is 0 Å². The first-order valence-electron chi connectivity index (χ1n) is 4.87. The number of carbonyl (C=O) groups is 2. The number of nitrogens with one attached hydrogen (secondary N) is 1. The third kappa shape index (κ3) is 3.49. The average molecular weight is 217 g/mol. The first-order chi connectivity index (χ1) is 7.06. The van der Waals surface area contributed by atoms with Gasteiger partial charge in [0.15, 0.2) is 0 Å². The Morgan fingerprint density at radius 1 is 1.13 bits per heavy atom. The van der Waals surface area contributed by atoms with Gasteiger partial charge in [0.2, 0.25) is 0 Å². The van der Waals surface area contributed by atoms with E-state index in [1.54, 1.807) is 0 Å². The van der Waals surface area contributed by atoms with E-state index in [-0.39, 0.29) is 5.60 Å². The Balaban J connectivity index is 0.000000167. The van der Waals surface area contributed by atoms with Gasteiger partial charge >= 0.3 is 11.9 Å². The van der Waals surface area contributed by atoms with Crippen LogP contribution >= 0.6 is 0 Å². The van der Waals surface area contributed by atoms with Crippen molar-refractivity contribution in [2.75, 3.05) is 19.7 Å². The van der Waals surface area contributed by atoms with Crippen molar-refractivity contribution in [3.8, 4) is 0 Å². The lowest BCUT2D eigenvalue weighted by Gasteiger charge is -2.44. The minimum absolute atomic E-state index is 0.290. The second-order valence-electron chi connectivity index (χ2n) is 3.70. The van der Waals surface area contributed by atoms with Crippen molar-refractivity contribution in [3.63, 3.8) is 0 Å². The molecule has 0 unspecified atom stereocenters. The second kappa shape index (κ2) is 5.09. The summed E-state index contributed by atoms with van der Waals surface area (Å²) in [6.45, 7) is 3.17. The number of ether oxygens (including phenoxy) is 1. The molecule has 2 fully saturated rings. The zero-order valence-electron chi connectivity index (χ0n) is 8.36. The van der Waals surface area contributed by atoms with Crippen LogP contribution in [-0.4, -0.2) is 47.4 Å². The lowest BCUT2D eigenvalue weighted by molar-refractivity contribution is -0.159. The summed E-state index contributed by atoms with van der Waals surface area (Å²) in [5.41, 5.74) is 0.290. The van der Waals surface area contributed by atoms with Crippen LogP contribution in [0.3, 0.4) is 0 Å². The Bertz CT molecular complexity index is 229. The minimum atomic E-state index is -1.82. The lowest BCUT2D eigenvalue weighted by Crippen LogP contribution is -2.62. The van der Waals surface area contributed by atoms with E-state index in [4.69, 9.17) is 24.5 Å². The molecule has 2 rings (SSSR count). The quantitative estimate of drug-likeness (QED) is 0.481. The van der Waals surface area contributed by atoms with Crippen LogP contribution in [0, 0.1) is 0 Å². The van der Waals surface area contributed by atoms with E-state index in [1.807, 2.05) is 0 Å². The van der Waals surface area contributed by atoms with Gasteiger partial charge in [0.05, 0.1) is 5.60 Å². The fourth-order valence-corrected chi connectivity index (χ4v) is 1.59. The molecule has 86 valence electrons. The van der Waals surface area contributed by atoms with Gasteiger partial charge in [0.25, 0.3) is 0 Å². The first kappa shape index (κ1) is 11.9. The number of hydrogen-bond acceptors (Lipinski definition) is 4. The number of carboxylic acids is 2. The molecule has 6 heteroatoms. The third-order valence-electron chi connectivity index (χ3n) is 2.51. The maximum Gasteiger partial charge on any atom is 0.414 e. The molecule has 2 saturated heterocycles. The summed E-state index contributed by atoms with van der Waals surface area (Å²) in [4.78, 5) is 18.2. The van der Waals surface area contributed by atoms with Gasteiger partial charge in [-0.05, 0) is 19.3 Å². The van der Waals surface area contributed by atoms with E-state index < -0.39 is 11.9 Å². The van der Waals surface area contributed by atoms with Crippen molar-refractivity contribution >= 4 is 11.9 Å². The zero-order chi connectivity index (χ0) is 11.3. The van der Waals surface area contributed by atoms with E-state index in [0.717, 1.165) is 19.7 Å². The molecule has 0 saturated carbocycles. The molecular formula is C9H15NO5. The summed E-state index contributed by atoms with van der Waals surface area (Å²) >= 11 is 0. The smallest absolute Gasteiger partial charge is 0.414 e. The molecule has 0 amide bonds. The molecular weight excluding hydrogens is 202 g/mol. The van der Waals surface area contributed by atoms with E-state index >= 15 is 0 Å². The Hall–Kier alpha value is -1.14. The van der Waals surface area contributed by atoms with Crippen molar-refractivity contribution in [1.29, 1.82) is 0 Å². The summed E-state index contributed by atoms with van der Waals surface area (Å²) in [6, 6.07) is 0. The predicted molar refractivity (Wildman–Crippen MR) is 50.7 cm³/mol. The highest BCUT2D eigenvalue weighted by Gasteiger charge is 2.38. The zero-order valence-corrected chi connectivity index (χ0v) is 8.36. The Labute approximate surface area is 87.2 Å². The number of rotatable bonds is 0. The van der Waals surface area contributed by atoms with Crippen LogP contribution in [0.15, 0.2) is 0 Å². The molecule has 6 nitrogen and oxygen atoms in total. The van der Waals surface area contributed by atoms with Crippen LogP contribution in [0.25, 0.3) is 0 Å². The summed E-state index contributed by atoms with van der Waals surface area (Å²) < 4.78 is 5.64. The van der Waals surface area contributed by atoms with E-state index in [1.165, 1.54) is 19.3 Å². The normalized spacial score (nSPS) is 22.1. The van der Waals surface area contributed by atoms with E-state index in [9.17, 15) is 0 Å². The molecule has 3 N–H and O–H groups in total. The van der Waals surface area contributed by atoms with Crippen LogP contribution < -0.4 is 5.32 Å². The van der Waals surface area contributed by atoms with Crippen molar-refractivity contribution in [2.45, 2.75) is 24.9 Å². The maximum absolute atomic E-state index is 9.10. The highest BCUT2D eigenvalue weighted by molar-refractivity contribution is 6.27. The summed E-state index contributed by atoms with van der Waals surface area (Å²) in [7, 11) is 0. The third-order valence-corrected chi connectivity index (χ3v) is 2.51. The summed E-state index contributed by atoms with van der Waals surface area (Å²) in [6.07, 6.45) is 3.91. The predicted octanol–water partition coefficient (Wildman–Crippen LogP) is -0.315. The fraction of sp³-hybridized carbons (Fsp3) is 0.778. The molecule has 2 aliphatic heterocycles. The highest BCUT2D eigenvalue weighted by atomic mass is 16.5. The van der Waals surface area contributed by atoms with Gasteiger partial charge < -0.3 is 20.3 Å². The molecule has 1 spiro atoms. The van der Waals surface area contributed by atoms with Gasteiger partial charge in [-0.2, -0.15) is 0 Å². The van der Waals surface area contributed by atoms with Crippen LogP contribution in [0.4, 0.5) is 0 Å². The summed E-state index contributed by atoms with van der Waals surface area (Å²) in [5.74, 6) is -3.65. The molecule has 0 atom stereocenters. The number of carboxylic acid groups (broad SMARTS) is 2. The van der Waals surface area contributed by atoms with Crippen LogP contribution in [-0.2, 0) is 14.3 Å². The largest absolute Gasteiger partial charge is 0.473 e. The molecule has 2 aliphatic rings. The van der Waals surface area contributed by atoms with Gasteiger partial charge in [-0.25, -0.2) is 9.59 Å². The molecule has 2 heterocycles. The Kier molecular flexibility index (Phi) is 4.05. The molecule has 0 bridgehead atoms. The van der Waals surface area contributed by atoms with E-state index in [0.29, 0.717) is 0 Å². The standard InChI is InChI=1S/C7H13NO.C2H2O4/c1-2-4-9-7(3-1)5-8-6-7;3-1(4)2(5)6/h8H,1-6H2;(H,3,4)(H,5,6). The second-order valence-corrected chi connectivity index (χ2v) is 3.70. The number of aliphatic carboxylic acids is 2. The van der Waals surface area contributed by atoms with Gasteiger partial charge in [-0.3, -0.25) is 0 Å². The van der Waals surface area contributed by atoms with Crippen molar-refractivity contribution < 1.29 is 24.5 Å². The minimum Gasteiger partial charge on any atom is -0.473 e. The van der Waals surface area contributed by atoms with Gasteiger partial charge in [0.1, 0.15) is 0 Å². The Morgan fingerprint density at radius 2 is 1.73 bits per heavy atom. The van der Waals surface area contributed by atoms with Gasteiger partial charge in [0, 0.05) is 19.7 Å². The van der Waals surface area contributed by atoms with Crippen molar-refractivity contribution in [3.05, 3.63) is 0 Å². The fourth-order valence-electron chi connectivity index (χ4n) is 1.59. The maximum atomic E-state index is 9.10. The molecule has 15 heavy (non-hydrogen) atoms. The van der Waals surface area contributed by atoms with Gasteiger partial charge in [-0.1, -0.05) is 0 Å². The van der Waals surface area contributed by atoms with Gasteiger partial charge in [-0.15, -0.1) is 0 Å². The molecule has 0 aromatic rings.